The van der Waals surface area contributed by atoms with Gasteiger partial charge >= 0.3 is 12.1 Å². The lowest BCUT2D eigenvalue weighted by atomic mass is 10.1. The average Bonchev–Trinajstić information content (AvgIpc) is 2.62. The Morgan fingerprint density at radius 1 is 1.11 bits per heavy atom. The summed E-state index contributed by atoms with van der Waals surface area (Å²) in [6.45, 7) is 12.8. The van der Waals surface area contributed by atoms with Crippen molar-refractivity contribution in [3.8, 4) is 6.07 Å². The Morgan fingerprint density at radius 2 is 1.68 bits per heavy atom. The van der Waals surface area contributed by atoms with E-state index >= 15 is 0 Å². The van der Waals surface area contributed by atoms with Gasteiger partial charge < -0.3 is 14.4 Å². The summed E-state index contributed by atoms with van der Waals surface area (Å²) in [7, 11) is 0. The predicted octanol–water partition coefficient (Wildman–Crippen LogP) is 3.86. The summed E-state index contributed by atoms with van der Waals surface area (Å²) in [6.07, 6.45) is -0.757. The molecule has 7 heteroatoms. The molecule has 0 aliphatic carbocycles. The summed E-state index contributed by atoms with van der Waals surface area (Å²) in [5.41, 5.74) is 0.550. The van der Waals surface area contributed by atoms with Crippen LogP contribution >= 0.6 is 0 Å². The first-order chi connectivity index (χ1) is 13.2. The van der Waals surface area contributed by atoms with E-state index in [1.807, 2.05) is 18.2 Å². The van der Waals surface area contributed by atoms with Gasteiger partial charge in [0.2, 0.25) is 0 Å². The van der Waals surface area contributed by atoms with Crippen LogP contribution in [0.5, 0.6) is 0 Å². The highest BCUT2D eigenvalue weighted by molar-refractivity contribution is 6.03. The third-order valence-electron chi connectivity index (χ3n) is 3.75. The number of anilines is 1. The molecular weight excluding hydrogens is 358 g/mol. The Hall–Kier alpha value is -3.01. The number of amides is 1. The minimum atomic E-state index is -0.802. The standard InChI is InChI=1S/C21H29N3O4/c1-7-24(8-2)16-12-10-15(11-13-16)18(17(14-22)19(25)27-9-3)23-20(26)28-21(4,5)6/h10-13H,7-9H2,1-6H3,(H,23,26)/b18-17-. The number of nitrogens with one attached hydrogen (secondary N) is 1. The first-order valence-corrected chi connectivity index (χ1v) is 9.33. The van der Waals surface area contributed by atoms with Crippen LogP contribution in [-0.2, 0) is 14.3 Å². The monoisotopic (exact) mass is 387 g/mol. The van der Waals surface area contributed by atoms with E-state index in [2.05, 4.69) is 24.1 Å². The van der Waals surface area contributed by atoms with Crippen molar-refractivity contribution in [1.29, 1.82) is 5.26 Å². The highest BCUT2D eigenvalue weighted by atomic mass is 16.6. The van der Waals surface area contributed by atoms with Crippen molar-refractivity contribution in [2.24, 2.45) is 0 Å². The van der Waals surface area contributed by atoms with Gasteiger partial charge in [-0.05, 0) is 59.2 Å². The normalized spacial score (nSPS) is 11.8. The SMILES string of the molecule is CCOC(=O)/C(C#N)=C(\NC(=O)OC(C)(C)C)c1ccc(N(CC)CC)cc1. The molecule has 0 fully saturated rings. The van der Waals surface area contributed by atoms with Gasteiger partial charge in [0.15, 0.2) is 5.57 Å². The molecular formula is C21H29N3O4. The molecule has 0 saturated heterocycles. The first-order valence-electron chi connectivity index (χ1n) is 9.33. The molecule has 0 unspecified atom stereocenters. The average molecular weight is 387 g/mol. The van der Waals surface area contributed by atoms with E-state index in [1.165, 1.54) is 0 Å². The molecule has 7 nitrogen and oxygen atoms in total. The molecule has 1 rings (SSSR count). The van der Waals surface area contributed by atoms with Crippen molar-refractivity contribution in [2.45, 2.75) is 47.1 Å². The van der Waals surface area contributed by atoms with E-state index in [1.54, 1.807) is 39.8 Å². The number of carbonyl (C=O) groups is 2. The Labute approximate surface area is 166 Å². The number of nitrogens with zero attached hydrogens (tertiary/aromatic N) is 2. The largest absolute Gasteiger partial charge is 0.462 e. The molecule has 0 bridgehead atoms. The van der Waals surface area contributed by atoms with Crippen molar-refractivity contribution < 1.29 is 19.1 Å². The van der Waals surface area contributed by atoms with Crippen LogP contribution in [-0.4, -0.2) is 37.4 Å². The van der Waals surface area contributed by atoms with Crippen LogP contribution in [0.25, 0.3) is 5.70 Å². The van der Waals surface area contributed by atoms with Crippen LogP contribution < -0.4 is 10.2 Å². The maximum absolute atomic E-state index is 12.3. The van der Waals surface area contributed by atoms with Gasteiger partial charge in [0.05, 0.1) is 12.3 Å². The van der Waals surface area contributed by atoms with Crippen molar-refractivity contribution >= 4 is 23.4 Å². The number of rotatable bonds is 7. The number of benzene rings is 1. The smallest absolute Gasteiger partial charge is 0.412 e. The lowest BCUT2D eigenvalue weighted by molar-refractivity contribution is -0.137. The quantitative estimate of drug-likeness (QED) is 0.434. The Balaban J connectivity index is 3.36. The van der Waals surface area contributed by atoms with Gasteiger partial charge in [-0.3, -0.25) is 5.32 Å². The van der Waals surface area contributed by atoms with Crippen molar-refractivity contribution in [2.75, 3.05) is 24.6 Å². The summed E-state index contributed by atoms with van der Waals surface area (Å²) in [5.74, 6) is -0.802. The zero-order chi connectivity index (χ0) is 21.3. The van der Waals surface area contributed by atoms with E-state index < -0.39 is 17.7 Å². The third kappa shape index (κ3) is 6.62. The third-order valence-corrected chi connectivity index (χ3v) is 3.75. The highest BCUT2D eigenvalue weighted by Gasteiger charge is 2.23. The van der Waals surface area contributed by atoms with E-state index in [-0.39, 0.29) is 17.9 Å². The number of esters is 1. The van der Waals surface area contributed by atoms with Gasteiger partial charge in [-0.25, -0.2) is 9.59 Å². The van der Waals surface area contributed by atoms with Crippen LogP contribution in [0.4, 0.5) is 10.5 Å². The molecule has 0 heterocycles. The zero-order valence-corrected chi connectivity index (χ0v) is 17.5. The minimum Gasteiger partial charge on any atom is -0.462 e. The van der Waals surface area contributed by atoms with Crippen LogP contribution in [0.2, 0.25) is 0 Å². The molecule has 0 saturated carbocycles. The van der Waals surface area contributed by atoms with Crippen LogP contribution in [0.3, 0.4) is 0 Å². The van der Waals surface area contributed by atoms with Crippen LogP contribution in [0.15, 0.2) is 29.8 Å². The molecule has 1 aromatic carbocycles. The molecule has 0 aliphatic rings. The second kappa shape index (κ2) is 10.4. The lowest BCUT2D eigenvalue weighted by Crippen LogP contribution is -2.32. The molecule has 0 aliphatic heterocycles. The Morgan fingerprint density at radius 3 is 2.11 bits per heavy atom. The number of hydrogen-bond donors (Lipinski definition) is 1. The zero-order valence-electron chi connectivity index (χ0n) is 17.5. The molecule has 0 spiro atoms. The lowest BCUT2D eigenvalue weighted by Gasteiger charge is -2.22. The van der Waals surface area contributed by atoms with Gasteiger partial charge in [0, 0.05) is 18.8 Å². The first kappa shape index (κ1) is 23.0. The molecule has 0 radical (unpaired) electrons. The number of alkyl carbamates (subject to hydrolysis) is 1. The fourth-order valence-electron chi connectivity index (χ4n) is 2.52. The number of ether oxygens (including phenoxy) is 2. The summed E-state index contributed by atoms with van der Waals surface area (Å²) in [6, 6.07) is 9.08. The van der Waals surface area contributed by atoms with Gasteiger partial charge in [0.1, 0.15) is 11.7 Å². The molecule has 1 amide bonds. The second-order valence-electron chi connectivity index (χ2n) is 6.93. The molecule has 0 atom stereocenters. The maximum Gasteiger partial charge on any atom is 0.412 e. The van der Waals surface area contributed by atoms with Crippen LogP contribution in [0.1, 0.15) is 47.1 Å². The maximum atomic E-state index is 12.3. The molecule has 28 heavy (non-hydrogen) atoms. The number of nitriles is 1. The van der Waals surface area contributed by atoms with E-state index in [9.17, 15) is 14.9 Å². The second-order valence-corrected chi connectivity index (χ2v) is 6.93. The molecule has 152 valence electrons. The van der Waals surface area contributed by atoms with Crippen LogP contribution in [0, 0.1) is 11.3 Å². The Kier molecular flexibility index (Phi) is 8.52. The molecule has 0 aromatic heterocycles. The fourth-order valence-corrected chi connectivity index (χ4v) is 2.52. The fraction of sp³-hybridized carbons (Fsp3) is 0.476. The topological polar surface area (TPSA) is 91.7 Å². The minimum absolute atomic E-state index is 0.0568. The van der Waals surface area contributed by atoms with Gasteiger partial charge in [-0.1, -0.05) is 12.1 Å². The number of hydrogen-bond acceptors (Lipinski definition) is 6. The van der Waals surface area contributed by atoms with Gasteiger partial charge in [0.25, 0.3) is 0 Å². The summed E-state index contributed by atoms with van der Waals surface area (Å²) >= 11 is 0. The Bertz CT molecular complexity index is 751. The van der Waals surface area contributed by atoms with E-state index in [0.29, 0.717) is 5.56 Å². The predicted molar refractivity (Wildman–Crippen MR) is 109 cm³/mol. The molecule has 1 aromatic rings. The van der Waals surface area contributed by atoms with Crippen molar-refractivity contribution in [1.82, 2.24) is 5.32 Å². The molecule has 1 N–H and O–H groups in total. The summed E-state index contributed by atoms with van der Waals surface area (Å²) in [4.78, 5) is 26.7. The van der Waals surface area contributed by atoms with E-state index in [0.717, 1.165) is 18.8 Å². The van der Waals surface area contributed by atoms with E-state index in [4.69, 9.17) is 9.47 Å². The number of carbonyl (C=O) groups excluding carboxylic acids is 2. The summed E-state index contributed by atoms with van der Waals surface area (Å²) < 4.78 is 10.2. The summed E-state index contributed by atoms with van der Waals surface area (Å²) in [5, 5.41) is 12.0. The van der Waals surface area contributed by atoms with Gasteiger partial charge in [-0.15, -0.1) is 0 Å². The van der Waals surface area contributed by atoms with Crippen molar-refractivity contribution in [3.05, 3.63) is 35.4 Å². The highest BCUT2D eigenvalue weighted by Crippen LogP contribution is 2.22. The van der Waals surface area contributed by atoms with Crippen molar-refractivity contribution in [3.63, 3.8) is 0 Å². The van der Waals surface area contributed by atoms with Gasteiger partial charge in [-0.2, -0.15) is 5.26 Å².